The molecule has 0 radical (unpaired) electrons. The van der Waals surface area contributed by atoms with Crippen LogP contribution in [0.3, 0.4) is 0 Å². The number of hydrogen-bond acceptors (Lipinski definition) is 5. The third kappa shape index (κ3) is 8.15. The molecule has 4 rings (SSSR count). The average Bonchev–Trinajstić information content (AvgIpc) is 2.90. The number of halogens is 3. The number of aryl methyl sites for hydroxylation is 1. The van der Waals surface area contributed by atoms with Crippen LogP contribution in [-0.4, -0.2) is 58.1 Å². The number of benzene rings is 2. The fraction of sp³-hybridized carbons (Fsp3) is 0.333. The van der Waals surface area contributed by atoms with E-state index in [4.69, 9.17) is 0 Å². The van der Waals surface area contributed by atoms with Crippen LogP contribution in [0.1, 0.15) is 35.2 Å². The first-order valence-electron chi connectivity index (χ1n) is 12.8. The Hall–Kier alpha value is -3.69. The lowest BCUT2D eigenvalue weighted by atomic mass is 9.91. The summed E-state index contributed by atoms with van der Waals surface area (Å²) in [5.41, 5.74) is 2.33. The molecule has 2 N–H and O–H groups in total. The normalized spacial score (nSPS) is 15.8. The lowest BCUT2D eigenvalue weighted by Crippen LogP contribution is -2.51. The number of anilines is 2. The maximum Gasteiger partial charge on any atom is 0.416 e. The van der Waals surface area contributed by atoms with E-state index >= 15 is 0 Å². The van der Waals surface area contributed by atoms with Crippen molar-refractivity contribution in [2.24, 2.45) is 0 Å². The molecule has 1 aliphatic rings. The molecule has 2 aromatic carbocycles. The molecule has 0 saturated carbocycles. The number of amides is 1. The molecule has 6 nitrogen and oxygen atoms in total. The predicted octanol–water partition coefficient (Wildman–Crippen LogP) is 5.65. The summed E-state index contributed by atoms with van der Waals surface area (Å²) in [4.78, 5) is 21.2. The first-order chi connectivity index (χ1) is 18.5. The zero-order valence-electron chi connectivity index (χ0n) is 22.1. The van der Waals surface area contributed by atoms with Crippen LogP contribution in [0.25, 0.3) is 6.08 Å². The number of nitrogens with one attached hydrogen (secondary N) is 1. The van der Waals surface area contributed by atoms with Crippen LogP contribution in [-0.2, 0) is 17.5 Å². The third-order valence-corrected chi connectivity index (χ3v) is 6.88. The number of pyridine rings is 1. The first kappa shape index (κ1) is 28.3. The molecule has 1 aromatic heterocycles. The molecule has 0 atom stereocenters. The molecule has 0 spiro atoms. The monoisotopic (exact) mass is 538 g/mol. The van der Waals surface area contributed by atoms with Crippen LogP contribution in [0.15, 0.2) is 72.9 Å². The Morgan fingerprint density at radius 1 is 1.08 bits per heavy atom. The molecule has 2 heterocycles. The van der Waals surface area contributed by atoms with Gasteiger partial charge in [0.25, 0.3) is 0 Å². The van der Waals surface area contributed by atoms with Crippen molar-refractivity contribution in [3.63, 3.8) is 0 Å². The van der Waals surface area contributed by atoms with Crippen LogP contribution in [0.4, 0.5) is 24.5 Å². The van der Waals surface area contributed by atoms with Gasteiger partial charge in [-0.15, -0.1) is 0 Å². The van der Waals surface area contributed by atoms with Crippen LogP contribution in [0.2, 0.25) is 0 Å². The minimum atomic E-state index is -4.42. The van der Waals surface area contributed by atoms with E-state index < -0.39 is 17.3 Å². The summed E-state index contributed by atoms with van der Waals surface area (Å²) in [5, 5.41) is 14.6. The fourth-order valence-electron chi connectivity index (χ4n) is 4.52. The highest BCUT2D eigenvalue weighted by molar-refractivity contribution is 5.91. The summed E-state index contributed by atoms with van der Waals surface area (Å²) in [5.74, 6) is -0.322. The second kappa shape index (κ2) is 12.0. The van der Waals surface area contributed by atoms with E-state index in [1.807, 2.05) is 50.4 Å². The van der Waals surface area contributed by atoms with Gasteiger partial charge in [0.1, 0.15) is 0 Å². The lowest BCUT2D eigenvalue weighted by Gasteiger charge is -2.39. The van der Waals surface area contributed by atoms with Crippen molar-refractivity contribution in [3.8, 4) is 0 Å². The summed E-state index contributed by atoms with van der Waals surface area (Å²) in [6.07, 6.45) is 1.26. The zero-order valence-corrected chi connectivity index (χ0v) is 22.1. The van der Waals surface area contributed by atoms with Gasteiger partial charge in [0.15, 0.2) is 0 Å². The highest BCUT2D eigenvalue weighted by Crippen LogP contribution is 2.29. The van der Waals surface area contributed by atoms with Gasteiger partial charge in [-0.1, -0.05) is 24.3 Å². The van der Waals surface area contributed by atoms with Gasteiger partial charge in [0.05, 0.1) is 17.7 Å². The van der Waals surface area contributed by atoms with Crippen molar-refractivity contribution >= 4 is 23.4 Å². The molecule has 1 fully saturated rings. The Bertz CT molecular complexity index is 1280. The van der Waals surface area contributed by atoms with Gasteiger partial charge >= 0.3 is 6.18 Å². The van der Waals surface area contributed by atoms with Crippen molar-refractivity contribution < 1.29 is 23.1 Å². The summed E-state index contributed by atoms with van der Waals surface area (Å²) < 4.78 is 38.6. The van der Waals surface area contributed by atoms with Crippen LogP contribution >= 0.6 is 0 Å². The highest BCUT2D eigenvalue weighted by Gasteiger charge is 2.34. The topological polar surface area (TPSA) is 68.7 Å². The van der Waals surface area contributed by atoms with Crippen molar-refractivity contribution in [2.45, 2.75) is 38.1 Å². The summed E-state index contributed by atoms with van der Waals surface area (Å²) in [6.45, 7) is 3.82. The number of aromatic nitrogens is 1. The Morgan fingerprint density at radius 3 is 2.36 bits per heavy atom. The van der Waals surface area contributed by atoms with Gasteiger partial charge in [-0.2, -0.15) is 13.2 Å². The number of alkyl halides is 3. The Kier molecular flexibility index (Phi) is 8.72. The van der Waals surface area contributed by atoms with Gasteiger partial charge in [0.2, 0.25) is 5.91 Å². The second-order valence-corrected chi connectivity index (χ2v) is 10.2. The summed E-state index contributed by atoms with van der Waals surface area (Å²) >= 11 is 0. The van der Waals surface area contributed by atoms with Crippen LogP contribution in [0, 0.1) is 6.92 Å². The molecule has 1 saturated heterocycles. The number of nitrogens with zero attached hydrogens (tertiary/aromatic N) is 3. The van der Waals surface area contributed by atoms with E-state index in [2.05, 4.69) is 15.2 Å². The second-order valence-electron chi connectivity index (χ2n) is 10.2. The van der Waals surface area contributed by atoms with Gasteiger partial charge in [0, 0.05) is 49.0 Å². The highest BCUT2D eigenvalue weighted by atomic mass is 19.4. The molecule has 3 aromatic rings. The summed E-state index contributed by atoms with van der Waals surface area (Å²) in [7, 11) is 2.00. The van der Waals surface area contributed by atoms with Gasteiger partial charge < -0.3 is 20.2 Å². The fourth-order valence-corrected chi connectivity index (χ4v) is 4.52. The quantitative estimate of drug-likeness (QED) is 0.363. The van der Waals surface area contributed by atoms with Gasteiger partial charge in [-0.05, 0) is 80.4 Å². The molecule has 9 heteroatoms. The lowest BCUT2D eigenvalue weighted by molar-refractivity contribution is -0.137. The van der Waals surface area contributed by atoms with E-state index in [1.165, 1.54) is 24.3 Å². The third-order valence-electron chi connectivity index (χ3n) is 6.88. The number of carbonyl (C=O) groups excluding carboxylic acids is 1. The number of carbonyl (C=O) groups is 1. The van der Waals surface area contributed by atoms with Crippen molar-refractivity contribution in [1.29, 1.82) is 0 Å². The zero-order chi connectivity index (χ0) is 28.0. The molecular formula is C30H33F3N4O2. The van der Waals surface area contributed by atoms with E-state index in [-0.39, 0.29) is 19.0 Å². The molecule has 0 unspecified atom stereocenters. The van der Waals surface area contributed by atoms with E-state index in [9.17, 15) is 23.1 Å². The van der Waals surface area contributed by atoms with Crippen LogP contribution in [0.5, 0.6) is 0 Å². The Balaban J connectivity index is 1.48. The Labute approximate surface area is 226 Å². The van der Waals surface area contributed by atoms with Crippen molar-refractivity contribution in [3.05, 3.63) is 95.3 Å². The Morgan fingerprint density at radius 2 is 1.74 bits per heavy atom. The maximum absolute atomic E-state index is 13.3. The number of rotatable bonds is 8. The number of aliphatic hydroxyl groups is 1. The summed E-state index contributed by atoms with van der Waals surface area (Å²) in [6, 6.07) is 16.2. The molecule has 206 valence electrons. The predicted molar refractivity (Wildman–Crippen MR) is 146 cm³/mol. The largest absolute Gasteiger partial charge is 0.416 e. The number of piperidine rings is 1. The first-order valence-corrected chi connectivity index (χ1v) is 12.8. The van der Waals surface area contributed by atoms with E-state index in [1.54, 1.807) is 11.1 Å². The minimum Gasteiger partial charge on any atom is -0.388 e. The van der Waals surface area contributed by atoms with Gasteiger partial charge in [-0.25, -0.2) is 0 Å². The molecular weight excluding hydrogens is 505 g/mol. The molecule has 39 heavy (non-hydrogen) atoms. The van der Waals surface area contributed by atoms with Gasteiger partial charge in [-0.3, -0.25) is 9.78 Å². The van der Waals surface area contributed by atoms with Crippen molar-refractivity contribution in [1.82, 2.24) is 14.8 Å². The molecule has 1 amide bonds. The SMILES string of the molecule is Cc1cc(Nc2ccc(CN(CC3(O)CCN(C)CC3)C(=O)/C=C/c3ccc(C(F)(F)F)cc3)cc2)ccn1. The molecule has 0 bridgehead atoms. The minimum absolute atomic E-state index is 0.160. The van der Waals surface area contributed by atoms with Crippen molar-refractivity contribution in [2.75, 3.05) is 32.0 Å². The molecule has 0 aliphatic carbocycles. The average molecular weight is 539 g/mol. The van der Waals surface area contributed by atoms with Crippen LogP contribution < -0.4 is 5.32 Å². The standard InChI is InChI=1S/C30H33F3N4O2/c1-22-19-27(13-16-34-22)35-26-10-5-24(6-11-26)20-37(21-29(39)14-17-36(2)18-15-29)28(38)12-7-23-3-8-25(9-4-23)30(31,32)33/h3-13,16,19,39H,14-15,17-18,20-21H2,1-2H3,(H,34,35)/b12-7+. The smallest absolute Gasteiger partial charge is 0.388 e. The molecule has 1 aliphatic heterocycles. The number of likely N-dealkylation sites (tertiary alicyclic amines) is 1. The maximum atomic E-state index is 13.3. The number of hydrogen-bond donors (Lipinski definition) is 2. The van der Waals surface area contributed by atoms with E-state index in [0.29, 0.717) is 18.4 Å². The van der Waals surface area contributed by atoms with E-state index in [0.717, 1.165) is 47.9 Å².